The van der Waals surface area contributed by atoms with E-state index in [1.165, 1.54) is 27.0 Å². The van der Waals surface area contributed by atoms with E-state index in [2.05, 4.69) is 10.3 Å². The lowest BCUT2D eigenvalue weighted by molar-refractivity contribution is -0.119. The van der Waals surface area contributed by atoms with Gasteiger partial charge in [-0.05, 0) is 50.1 Å². The zero-order valence-corrected chi connectivity index (χ0v) is 19.7. The molecule has 168 valence electrons. The molecule has 0 bridgehead atoms. The lowest BCUT2D eigenvalue weighted by Crippen LogP contribution is -2.42. The molecule has 32 heavy (non-hydrogen) atoms. The van der Waals surface area contributed by atoms with Crippen molar-refractivity contribution in [1.29, 1.82) is 0 Å². The first kappa shape index (κ1) is 21.4. The number of thiophene rings is 1. The van der Waals surface area contributed by atoms with Gasteiger partial charge in [0.15, 0.2) is 16.6 Å². The number of aryl methyl sites for hydroxylation is 1. The average Bonchev–Trinajstić information content (AvgIpc) is 3.54. The Morgan fingerprint density at radius 1 is 1.19 bits per heavy atom. The Morgan fingerprint density at radius 3 is 2.78 bits per heavy atom. The Bertz CT molecular complexity index is 1270. The number of fused-ring (bicyclic) bond motifs is 1. The van der Waals surface area contributed by atoms with Crippen LogP contribution in [-0.4, -0.2) is 49.4 Å². The van der Waals surface area contributed by atoms with E-state index in [0.717, 1.165) is 10.4 Å². The van der Waals surface area contributed by atoms with Crippen LogP contribution in [0.4, 0.5) is 5.13 Å². The summed E-state index contributed by atoms with van der Waals surface area (Å²) in [5, 5.41) is 5.08. The number of benzene rings is 1. The van der Waals surface area contributed by atoms with Crippen molar-refractivity contribution >= 4 is 43.7 Å². The predicted molar refractivity (Wildman–Crippen MR) is 123 cm³/mol. The molecule has 0 spiro atoms. The molecule has 1 aromatic carbocycles. The third-order valence-corrected chi connectivity index (χ3v) is 9.49. The molecule has 1 amide bonds. The summed E-state index contributed by atoms with van der Waals surface area (Å²) < 4.78 is 38.8. The number of sulfonamides is 1. The van der Waals surface area contributed by atoms with Crippen LogP contribution in [0.3, 0.4) is 0 Å². The van der Waals surface area contributed by atoms with E-state index in [-0.39, 0.29) is 10.1 Å². The van der Waals surface area contributed by atoms with Gasteiger partial charge in [0, 0.05) is 22.4 Å². The zero-order chi connectivity index (χ0) is 22.3. The molecule has 2 aliphatic heterocycles. The fraction of sp³-hybridized carbons (Fsp3) is 0.333. The quantitative estimate of drug-likeness (QED) is 0.584. The number of carbonyl (C=O) groups is 1. The number of anilines is 1. The molecule has 4 heterocycles. The second-order valence-corrected chi connectivity index (χ2v) is 11.8. The van der Waals surface area contributed by atoms with Gasteiger partial charge >= 0.3 is 0 Å². The highest BCUT2D eigenvalue weighted by atomic mass is 32.2. The van der Waals surface area contributed by atoms with Crippen LogP contribution in [0.15, 0.2) is 39.9 Å². The highest BCUT2D eigenvalue weighted by molar-refractivity contribution is 7.91. The lowest BCUT2D eigenvalue weighted by atomic mass is 10.1. The number of amides is 1. The van der Waals surface area contributed by atoms with E-state index >= 15 is 0 Å². The highest BCUT2D eigenvalue weighted by Gasteiger charge is 2.40. The SMILES string of the molecule is Cc1ccc(S(=O)(=O)N2CCCC2C(=O)Nc2nc(-c3ccc4c(c3)OCCO4)cs2)s1. The molecule has 8 nitrogen and oxygen atoms in total. The molecule has 0 radical (unpaired) electrons. The van der Waals surface area contributed by atoms with Gasteiger partial charge in [0.25, 0.3) is 10.0 Å². The summed E-state index contributed by atoms with van der Waals surface area (Å²) in [4.78, 5) is 18.4. The van der Waals surface area contributed by atoms with Crippen molar-refractivity contribution in [3.8, 4) is 22.8 Å². The largest absolute Gasteiger partial charge is 0.486 e. The second kappa shape index (κ2) is 8.47. The van der Waals surface area contributed by atoms with Crippen LogP contribution in [0.2, 0.25) is 0 Å². The molecular formula is C21H21N3O5S3. The Balaban J connectivity index is 1.32. The molecule has 1 fully saturated rings. The molecule has 0 saturated carbocycles. The summed E-state index contributed by atoms with van der Waals surface area (Å²) in [6, 6.07) is 8.23. The Labute approximate surface area is 193 Å². The second-order valence-electron chi connectivity index (χ2n) is 7.52. The Hall–Kier alpha value is -2.47. The molecule has 2 aromatic heterocycles. The molecule has 5 rings (SSSR count). The van der Waals surface area contributed by atoms with Crippen LogP contribution in [0, 0.1) is 6.92 Å². The van der Waals surface area contributed by atoms with E-state index in [9.17, 15) is 13.2 Å². The predicted octanol–water partition coefficient (Wildman–Crippen LogP) is 3.74. The summed E-state index contributed by atoms with van der Waals surface area (Å²) in [7, 11) is -3.70. The summed E-state index contributed by atoms with van der Waals surface area (Å²) in [6.45, 7) is 3.22. The van der Waals surface area contributed by atoms with Gasteiger partial charge in [0.2, 0.25) is 5.91 Å². The van der Waals surface area contributed by atoms with Gasteiger partial charge in [0.1, 0.15) is 23.5 Å². The van der Waals surface area contributed by atoms with E-state index in [0.29, 0.717) is 54.9 Å². The maximum Gasteiger partial charge on any atom is 0.253 e. The number of rotatable bonds is 5. The van der Waals surface area contributed by atoms with Crippen molar-refractivity contribution in [1.82, 2.24) is 9.29 Å². The summed E-state index contributed by atoms with van der Waals surface area (Å²) in [6.07, 6.45) is 1.12. The monoisotopic (exact) mass is 491 g/mol. The standard InChI is InChI=1S/C21H21N3O5S3/c1-13-4-7-19(31-13)32(26,27)24-8-2-3-16(24)20(25)23-21-22-15(12-30-21)14-5-6-17-18(11-14)29-10-9-28-17/h4-7,11-12,16H,2-3,8-10H2,1H3,(H,22,23,25). The first-order chi connectivity index (χ1) is 15.4. The van der Waals surface area contributed by atoms with Crippen LogP contribution < -0.4 is 14.8 Å². The van der Waals surface area contributed by atoms with Gasteiger partial charge in [0.05, 0.1) is 5.69 Å². The van der Waals surface area contributed by atoms with Crippen LogP contribution in [0.25, 0.3) is 11.3 Å². The zero-order valence-electron chi connectivity index (χ0n) is 17.2. The summed E-state index contributed by atoms with van der Waals surface area (Å²) in [5.41, 5.74) is 1.55. The normalized spacial score (nSPS) is 18.6. The van der Waals surface area contributed by atoms with Crippen molar-refractivity contribution in [3.63, 3.8) is 0 Å². The first-order valence-corrected chi connectivity index (χ1v) is 13.3. The maximum absolute atomic E-state index is 13.0. The number of ether oxygens (including phenoxy) is 2. The summed E-state index contributed by atoms with van der Waals surface area (Å²) >= 11 is 2.52. The van der Waals surface area contributed by atoms with Gasteiger partial charge in [-0.15, -0.1) is 22.7 Å². The molecule has 1 N–H and O–H groups in total. The van der Waals surface area contributed by atoms with E-state index in [1.807, 2.05) is 30.5 Å². The first-order valence-electron chi connectivity index (χ1n) is 10.2. The number of carbonyl (C=O) groups excluding carboxylic acids is 1. The molecule has 11 heteroatoms. The third kappa shape index (κ3) is 4.01. The topological polar surface area (TPSA) is 97.8 Å². The molecule has 1 unspecified atom stereocenters. The highest BCUT2D eigenvalue weighted by Crippen LogP contribution is 2.36. The van der Waals surface area contributed by atoms with Crippen LogP contribution in [-0.2, 0) is 14.8 Å². The van der Waals surface area contributed by atoms with E-state index in [4.69, 9.17) is 9.47 Å². The van der Waals surface area contributed by atoms with Gasteiger partial charge in [-0.1, -0.05) is 0 Å². The molecule has 1 saturated heterocycles. The molecule has 1 atom stereocenters. The fourth-order valence-electron chi connectivity index (χ4n) is 3.81. The fourth-order valence-corrected chi connectivity index (χ4v) is 7.60. The Morgan fingerprint density at radius 2 is 2.00 bits per heavy atom. The minimum Gasteiger partial charge on any atom is -0.486 e. The van der Waals surface area contributed by atoms with Crippen molar-refractivity contribution in [2.75, 3.05) is 25.1 Å². The molecule has 3 aromatic rings. The van der Waals surface area contributed by atoms with E-state index in [1.54, 1.807) is 12.1 Å². The third-order valence-electron chi connectivity index (χ3n) is 5.36. The van der Waals surface area contributed by atoms with E-state index < -0.39 is 16.1 Å². The number of aromatic nitrogens is 1. The molecular weight excluding hydrogens is 470 g/mol. The smallest absolute Gasteiger partial charge is 0.253 e. The van der Waals surface area contributed by atoms with Crippen molar-refractivity contribution in [3.05, 3.63) is 40.6 Å². The van der Waals surface area contributed by atoms with Crippen LogP contribution in [0.5, 0.6) is 11.5 Å². The van der Waals surface area contributed by atoms with Gasteiger partial charge in [-0.25, -0.2) is 13.4 Å². The van der Waals surface area contributed by atoms with Gasteiger partial charge in [-0.3, -0.25) is 4.79 Å². The lowest BCUT2D eigenvalue weighted by Gasteiger charge is -2.22. The minimum absolute atomic E-state index is 0.268. The number of thiazole rings is 1. The number of nitrogens with zero attached hydrogens (tertiary/aromatic N) is 2. The summed E-state index contributed by atoms with van der Waals surface area (Å²) in [5.74, 6) is 1.01. The van der Waals surface area contributed by atoms with Gasteiger partial charge in [-0.2, -0.15) is 4.31 Å². The number of hydrogen-bond donors (Lipinski definition) is 1. The van der Waals surface area contributed by atoms with Crippen molar-refractivity contribution in [2.24, 2.45) is 0 Å². The Kier molecular flexibility index (Phi) is 5.66. The van der Waals surface area contributed by atoms with Gasteiger partial charge < -0.3 is 14.8 Å². The average molecular weight is 492 g/mol. The number of hydrogen-bond acceptors (Lipinski definition) is 8. The van der Waals surface area contributed by atoms with Crippen molar-refractivity contribution < 1.29 is 22.7 Å². The number of nitrogens with one attached hydrogen (secondary N) is 1. The van der Waals surface area contributed by atoms with Crippen LogP contribution in [0.1, 0.15) is 17.7 Å². The minimum atomic E-state index is -3.70. The maximum atomic E-state index is 13.0. The molecule has 0 aliphatic carbocycles. The van der Waals surface area contributed by atoms with Crippen molar-refractivity contribution in [2.45, 2.75) is 30.0 Å². The van der Waals surface area contributed by atoms with Crippen LogP contribution >= 0.6 is 22.7 Å². The molecule has 2 aliphatic rings.